The van der Waals surface area contributed by atoms with Gasteiger partial charge in [0.2, 0.25) is 5.95 Å². The Morgan fingerprint density at radius 3 is 2.83 bits per heavy atom. The molecule has 1 N–H and O–H groups in total. The van der Waals surface area contributed by atoms with Gasteiger partial charge in [0, 0.05) is 5.56 Å². The van der Waals surface area contributed by atoms with Crippen LogP contribution in [0.2, 0.25) is 5.02 Å². The Morgan fingerprint density at radius 2 is 2.07 bits per heavy atom. The average molecular weight is 421 g/mol. The van der Waals surface area contributed by atoms with Crippen LogP contribution in [0.4, 0.5) is 14.7 Å². The van der Waals surface area contributed by atoms with Gasteiger partial charge in [-0.05, 0) is 37.1 Å². The van der Waals surface area contributed by atoms with Gasteiger partial charge in [0.05, 0.1) is 23.7 Å². The van der Waals surface area contributed by atoms with Crippen LogP contribution in [-0.2, 0) is 0 Å². The normalized spacial score (nSPS) is 18.2. The molecule has 3 aromatic rings. The van der Waals surface area contributed by atoms with Gasteiger partial charge in [-0.15, -0.1) is 0 Å². The first kappa shape index (κ1) is 19.4. The van der Waals surface area contributed by atoms with Crippen molar-refractivity contribution in [2.24, 2.45) is 0 Å². The number of para-hydroxylation sites is 1. The molecule has 0 fully saturated rings. The summed E-state index contributed by atoms with van der Waals surface area (Å²) in [5, 5.41) is 8.12. The van der Waals surface area contributed by atoms with Gasteiger partial charge >= 0.3 is 6.61 Å². The number of benzene rings is 2. The van der Waals surface area contributed by atoms with Crippen molar-refractivity contribution >= 4 is 17.5 Å². The van der Waals surface area contributed by atoms with Crippen LogP contribution in [0.5, 0.6) is 11.5 Å². The van der Waals surface area contributed by atoms with Crippen LogP contribution in [0.1, 0.15) is 36.6 Å². The number of rotatable bonds is 6. The van der Waals surface area contributed by atoms with Crippen LogP contribution >= 0.6 is 11.6 Å². The van der Waals surface area contributed by atoms with Crippen LogP contribution in [0, 0.1) is 0 Å². The number of hydrogen-bond acceptors (Lipinski definition) is 5. The molecule has 152 valence electrons. The molecule has 0 bridgehead atoms. The first-order chi connectivity index (χ1) is 14.1. The van der Waals surface area contributed by atoms with Crippen molar-refractivity contribution in [2.45, 2.75) is 32.0 Å². The highest BCUT2D eigenvalue weighted by molar-refractivity contribution is 6.32. The van der Waals surface area contributed by atoms with E-state index in [0.717, 1.165) is 5.56 Å². The number of ether oxygens (including phenoxy) is 2. The van der Waals surface area contributed by atoms with Crippen molar-refractivity contribution in [2.75, 3.05) is 11.9 Å². The topological polar surface area (TPSA) is 61.2 Å². The largest absolute Gasteiger partial charge is 0.492 e. The molecule has 2 heterocycles. The summed E-state index contributed by atoms with van der Waals surface area (Å²) in [7, 11) is 0. The summed E-state index contributed by atoms with van der Waals surface area (Å²) in [4.78, 5) is 4.26. The van der Waals surface area contributed by atoms with Crippen LogP contribution < -0.4 is 14.8 Å². The van der Waals surface area contributed by atoms with E-state index < -0.39 is 6.61 Å². The lowest BCUT2D eigenvalue weighted by molar-refractivity contribution is -0.0507. The molecule has 0 spiro atoms. The van der Waals surface area contributed by atoms with Crippen molar-refractivity contribution in [1.29, 1.82) is 0 Å². The smallest absolute Gasteiger partial charge is 0.387 e. The molecule has 0 aliphatic carbocycles. The summed E-state index contributed by atoms with van der Waals surface area (Å²) >= 11 is 6.35. The molecule has 2 aromatic carbocycles. The summed E-state index contributed by atoms with van der Waals surface area (Å²) in [5.74, 6) is 1.28. The Bertz CT molecular complexity index is 998. The maximum absolute atomic E-state index is 12.9. The number of nitrogens with zero attached hydrogens (tertiary/aromatic N) is 3. The van der Waals surface area contributed by atoms with E-state index in [4.69, 9.17) is 21.1 Å². The van der Waals surface area contributed by atoms with Crippen LogP contribution in [0.15, 0.2) is 48.8 Å². The summed E-state index contributed by atoms with van der Waals surface area (Å²) < 4.78 is 37.7. The maximum atomic E-state index is 12.9. The lowest BCUT2D eigenvalue weighted by Crippen LogP contribution is -2.28. The van der Waals surface area contributed by atoms with Gasteiger partial charge in [-0.2, -0.15) is 18.9 Å². The lowest BCUT2D eigenvalue weighted by atomic mass is 9.93. The van der Waals surface area contributed by atoms with Crippen LogP contribution in [0.25, 0.3) is 0 Å². The minimum Gasteiger partial charge on any atom is -0.492 e. The van der Waals surface area contributed by atoms with Crippen molar-refractivity contribution in [3.8, 4) is 11.5 Å². The first-order valence-electron chi connectivity index (χ1n) is 9.18. The monoisotopic (exact) mass is 420 g/mol. The van der Waals surface area contributed by atoms with Gasteiger partial charge in [-0.1, -0.05) is 35.9 Å². The lowest BCUT2D eigenvalue weighted by Gasteiger charge is -2.32. The molecule has 0 saturated carbocycles. The zero-order valence-corrected chi connectivity index (χ0v) is 16.3. The molecule has 6 nitrogen and oxygen atoms in total. The van der Waals surface area contributed by atoms with E-state index >= 15 is 0 Å². The molecule has 4 rings (SSSR count). The molecule has 2 atom stereocenters. The maximum Gasteiger partial charge on any atom is 0.387 e. The number of alkyl halides is 2. The third kappa shape index (κ3) is 3.98. The predicted molar refractivity (Wildman–Crippen MR) is 105 cm³/mol. The number of hydrogen-bond donors (Lipinski definition) is 1. The number of nitrogens with one attached hydrogen (secondary N) is 1. The Balaban J connectivity index is 1.70. The quantitative estimate of drug-likeness (QED) is 0.602. The highest BCUT2D eigenvalue weighted by Crippen LogP contribution is 2.41. The third-order valence-corrected chi connectivity index (χ3v) is 5.08. The Labute approximate surface area is 171 Å². The average Bonchev–Trinajstić information content (AvgIpc) is 3.18. The molecule has 9 heteroatoms. The number of halogens is 3. The molecule has 29 heavy (non-hydrogen) atoms. The standard InChI is InChI=1S/C20H19ClF2N4O2/c1-2-28-18-8-7-12(9-14(18)21)15-10-16(27-20(26-15)24-11-25-27)13-5-3-4-6-17(13)29-19(22)23/h3-9,11,15-16,19H,2,10H2,1H3,(H,24,25,26). The fourth-order valence-electron chi connectivity index (χ4n) is 3.56. The molecule has 0 amide bonds. The Kier molecular flexibility index (Phi) is 5.53. The van der Waals surface area contributed by atoms with Gasteiger partial charge in [-0.3, -0.25) is 0 Å². The number of aromatic nitrogens is 3. The second kappa shape index (κ2) is 8.24. The van der Waals surface area contributed by atoms with Crippen molar-refractivity contribution in [1.82, 2.24) is 14.8 Å². The number of anilines is 1. The molecule has 1 aromatic heterocycles. The summed E-state index contributed by atoms with van der Waals surface area (Å²) in [6.07, 6.45) is 1.98. The van der Waals surface area contributed by atoms with Crippen molar-refractivity contribution in [3.05, 3.63) is 64.9 Å². The zero-order chi connectivity index (χ0) is 20.4. The molecule has 2 unspecified atom stereocenters. The third-order valence-electron chi connectivity index (χ3n) is 4.78. The molecule has 0 saturated heterocycles. The van der Waals surface area contributed by atoms with Crippen LogP contribution in [-0.4, -0.2) is 28.0 Å². The van der Waals surface area contributed by atoms with Gasteiger partial charge in [-0.25, -0.2) is 4.68 Å². The van der Waals surface area contributed by atoms with E-state index in [2.05, 4.69) is 15.4 Å². The zero-order valence-electron chi connectivity index (χ0n) is 15.6. The van der Waals surface area contributed by atoms with Gasteiger partial charge in [0.25, 0.3) is 0 Å². The molecular weight excluding hydrogens is 402 g/mol. The van der Waals surface area contributed by atoms with Gasteiger partial charge in [0.1, 0.15) is 17.8 Å². The summed E-state index contributed by atoms with van der Waals surface area (Å²) in [5.41, 5.74) is 1.55. The summed E-state index contributed by atoms with van der Waals surface area (Å²) in [6.45, 7) is -0.496. The Hall–Kier alpha value is -2.87. The van der Waals surface area contributed by atoms with Gasteiger partial charge < -0.3 is 14.8 Å². The van der Waals surface area contributed by atoms with E-state index in [1.165, 1.54) is 12.4 Å². The van der Waals surface area contributed by atoms with E-state index in [-0.39, 0.29) is 17.8 Å². The highest BCUT2D eigenvalue weighted by atomic mass is 35.5. The van der Waals surface area contributed by atoms with E-state index in [9.17, 15) is 8.78 Å². The first-order valence-corrected chi connectivity index (χ1v) is 9.56. The molecule has 1 aliphatic heterocycles. The SMILES string of the molecule is CCOc1ccc(C2CC(c3ccccc3OC(F)F)n3ncnc3N2)cc1Cl. The number of fused-ring (bicyclic) bond motifs is 1. The molecular formula is C20H19ClF2N4O2. The van der Waals surface area contributed by atoms with E-state index in [0.29, 0.717) is 35.3 Å². The predicted octanol–water partition coefficient (Wildman–Crippen LogP) is 5.08. The van der Waals surface area contributed by atoms with Crippen molar-refractivity contribution < 1.29 is 18.3 Å². The van der Waals surface area contributed by atoms with E-state index in [1.807, 2.05) is 25.1 Å². The van der Waals surface area contributed by atoms with E-state index in [1.54, 1.807) is 22.9 Å². The van der Waals surface area contributed by atoms with Gasteiger partial charge in [0.15, 0.2) is 0 Å². The van der Waals surface area contributed by atoms with Crippen LogP contribution in [0.3, 0.4) is 0 Å². The van der Waals surface area contributed by atoms with Crippen molar-refractivity contribution in [3.63, 3.8) is 0 Å². The second-order valence-corrected chi connectivity index (χ2v) is 6.92. The minimum absolute atomic E-state index is 0.124. The summed E-state index contributed by atoms with van der Waals surface area (Å²) in [6, 6.07) is 11.9. The molecule has 0 radical (unpaired) electrons. The minimum atomic E-state index is -2.91. The molecule has 1 aliphatic rings. The fraction of sp³-hybridized carbons (Fsp3) is 0.300. The second-order valence-electron chi connectivity index (χ2n) is 6.52. The fourth-order valence-corrected chi connectivity index (χ4v) is 3.81. The Morgan fingerprint density at radius 1 is 1.24 bits per heavy atom. The highest BCUT2D eigenvalue weighted by Gasteiger charge is 2.32.